The number of carbonyl (C=O) groups is 2. The highest BCUT2D eigenvalue weighted by molar-refractivity contribution is 8.00. The number of benzene rings is 1. The van der Waals surface area contributed by atoms with Gasteiger partial charge >= 0.3 is 0 Å². The van der Waals surface area contributed by atoms with Crippen LogP contribution in [0.25, 0.3) is 0 Å². The summed E-state index contributed by atoms with van der Waals surface area (Å²) in [5.41, 5.74) is 1.16. The standard InChI is InChI=1S/C17H22N2O3S/c1-13-17(14-5-3-2-4-6-14)19(8-10-23-13)15(20)11-18-7-9-22-12-16(18)21/h2-6,13,17H,7-12H2,1H3/t13-,17+/m1/s1. The molecule has 5 nitrogen and oxygen atoms in total. The van der Waals surface area contributed by atoms with E-state index in [1.165, 1.54) is 0 Å². The summed E-state index contributed by atoms with van der Waals surface area (Å²) in [5, 5.41) is 0.343. The first-order chi connectivity index (χ1) is 11.2. The van der Waals surface area contributed by atoms with Crippen molar-refractivity contribution in [1.29, 1.82) is 0 Å². The van der Waals surface area contributed by atoms with E-state index >= 15 is 0 Å². The van der Waals surface area contributed by atoms with E-state index in [2.05, 4.69) is 19.1 Å². The Balaban J connectivity index is 1.75. The molecule has 2 aliphatic rings. The fourth-order valence-electron chi connectivity index (χ4n) is 3.17. The van der Waals surface area contributed by atoms with Gasteiger partial charge in [-0.1, -0.05) is 37.3 Å². The van der Waals surface area contributed by atoms with E-state index in [0.717, 1.165) is 17.9 Å². The second-order valence-electron chi connectivity index (χ2n) is 5.89. The molecule has 23 heavy (non-hydrogen) atoms. The molecule has 0 bridgehead atoms. The number of ether oxygens (including phenoxy) is 1. The van der Waals surface area contributed by atoms with Gasteiger partial charge in [-0.05, 0) is 5.56 Å². The summed E-state index contributed by atoms with van der Waals surface area (Å²) in [6.07, 6.45) is 0. The van der Waals surface area contributed by atoms with Crippen LogP contribution in [0.2, 0.25) is 0 Å². The van der Waals surface area contributed by atoms with Crippen molar-refractivity contribution >= 4 is 23.6 Å². The van der Waals surface area contributed by atoms with Gasteiger partial charge in [-0.2, -0.15) is 11.8 Å². The molecule has 1 aromatic rings. The molecule has 1 aromatic carbocycles. The Morgan fingerprint density at radius 2 is 2.09 bits per heavy atom. The first kappa shape index (κ1) is 16.3. The minimum absolute atomic E-state index is 0.0289. The third-order valence-electron chi connectivity index (χ3n) is 4.36. The van der Waals surface area contributed by atoms with E-state index in [1.807, 2.05) is 34.9 Å². The van der Waals surface area contributed by atoms with Crippen LogP contribution >= 0.6 is 11.8 Å². The van der Waals surface area contributed by atoms with Crippen LogP contribution in [0.5, 0.6) is 0 Å². The van der Waals surface area contributed by atoms with Gasteiger partial charge in [0.1, 0.15) is 6.61 Å². The van der Waals surface area contributed by atoms with Crippen molar-refractivity contribution in [3.8, 4) is 0 Å². The number of hydrogen-bond donors (Lipinski definition) is 0. The van der Waals surface area contributed by atoms with Gasteiger partial charge in [0.25, 0.3) is 0 Å². The Kier molecular flexibility index (Phi) is 5.23. The van der Waals surface area contributed by atoms with Gasteiger partial charge in [-0.25, -0.2) is 0 Å². The van der Waals surface area contributed by atoms with Crippen molar-refractivity contribution in [1.82, 2.24) is 9.80 Å². The van der Waals surface area contributed by atoms with E-state index in [4.69, 9.17) is 4.74 Å². The molecule has 2 aliphatic heterocycles. The lowest BCUT2D eigenvalue weighted by molar-refractivity contribution is -0.149. The lowest BCUT2D eigenvalue weighted by Gasteiger charge is -2.41. The number of rotatable bonds is 3. The quantitative estimate of drug-likeness (QED) is 0.842. The topological polar surface area (TPSA) is 49.9 Å². The molecule has 0 radical (unpaired) electrons. The van der Waals surface area contributed by atoms with Gasteiger partial charge in [-0.3, -0.25) is 9.59 Å². The average Bonchev–Trinajstić information content (AvgIpc) is 2.57. The molecule has 0 aliphatic carbocycles. The molecule has 0 aromatic heterocycles. The van der Waals surface area contributed by atoms with Crippen molar-refractivity contribution < 1.29 is 14.3 Å². The van der Waals surface area contributed by atoms with E-state index < -0.39 is 0 Å². The minimum Gasteiger partial charge on any atom is -0.370 e. The van der Waals surface area contributed by atoms with Crippen LogP contribution < -0.4 is 0 Å². The number of carbonyl (C=O) groups excluding carboxylic acids is 2. The van der Waals surface area contributed by atoms with Crippen molar-refractivity contribution in [2.45, 2.75) is 18.2 Å². The van der Waals surface area contributed by atoms with E-state index in [0.29, 0.717) is 18.4 Å². The molecule has 0 spiro atoms. The zero-order valence-corrected chi connectivity index (χ0v) is 14.1. The Bertz CT molecular complexity index is 566. The SMILES string of the molecule is C[C@H]1SCCN(C(=O)CN2CCOCC2=O)[C@@H]1c1ccccc1. The summed E-state index contributed by atoms with van der Waals surface area (Å²) in [5.74, 6) is 0.870. The van der Waals surface area contributed by atoms with E-state index in [9.17, 15) is 9.59 Å². The maximum atomic E-state index is 12.8. The summed E-state index contributed by atoms with van der Waals surface area (Å²) in [6.45, 7) is 4.14. The van der Waals surface area contributed by atoms with Crippen molar-refractivity contribution in [3.63, 3.8) is 0 Å². The Morgan fingerprint density at radius 1 is 1.30 bits per heavy atom. The van der Waals surface area contributed by atoms with E-state index in [1.54, 1.807) is 4.90 Å². The minimum atomic E-state index is -0.0969. The maximum absolute atomic E-state index is 12.8. The molecule has 124 valence electrons. The van der Waals surface area contributed by atoms with E-state index in [-0.39, 0.29) is 31.0 Å². The summed E-state index contributed by atoms with van der Waals surface area (Å²) in [4.78, 5) is 28.2. The molecule has 0 N–H and O–H groups in total. The molecule has 2 atom stereocenters. The number of morpholine rings is 1. The van der Waals surface area contributed by atoms with Gasteiger partial charge in [-0.15, -0.1) is 0 Å². The Hall–Kier alpha value is -1.53. The highest BCUT2D eigenvalue weighted by Crippen LogP contribution is 2.36. The maximum Gasteiger partial charge on any atom is 0.249 e. The fourth-order valence-corrected chi connectivity index (χ4v) is 4.33. The van der Waals surface area contributed by atoms with Gasteiger partial charge in [0, 0.05) is 24.1 Å². The van der Waals surface area contributed by atoms with Gasteiger partial charge < -0.3 is 14.5 Å². The number of hydrogen-bond acceptors (Lipinski definition) is 4. The number of nitrogens with zero attached hydrogens (tertiary/aromatic N) is 2. The summed E-state index contributed by atoms with van der Waals surface area (Å²) in [7, 11) is 0. The molecule has 2 heterocycles. The molecule has 2 fully saturated rings. The van der Waals surface area contributed by atoms with Crippen LogP contribution in [0.1, 0.15) is 18.5 Å². The van der Waals surface area contributed by atoms with Crippen LogP contribution in [0.4, 0.5) is 0 Å². The summed E-state index contributed by atoms with van der Waals surface area (Å²) < 4.78 is 5.13. The molecule has 0 saturated carbocycles. The average molecular weight is 334 g/mol. The summed E-state index contributed by atoms with van der Waals surface area (Å²) >= 11 is 1.89. The molecular formula is C17H22N2O3S. The normalized spacial score (nSPS) is 25.5. The third kappa shape index (κ3) is 3.70. The second-order valence-corrected chi connectivity index (χ2v) is 7.37. The Labute approximate surface area is 141 Å². The van der Waals surface area contributed by atoms with Gasteiger partial charge in [0.05, 0.1) is 19.2 Å². The first-order valence-electron chi connectivity index (χ1n) is 7.98. The smallest absolute Gasteiger partial charge is 0.249 e. The zero-order chi connectivity index (χ0) is 16.2. The molecule has 2 amide bonds. The highest BCUT2D eigenvalue weighted by Gasteiger charge is 2.34. The monoisotopic (exact) mass is 334 g/mol. The molecule has 2 saturated heterocycles. The van der Waals surface area contributed by atoms with Crippen molar-refractivity contribution in [2.24, 2.45) is 0 Å². The Morgan fingerprint density at radius 3 is 2.83 bits per heavy atom. The zero-order valence-electron chi connectivity index (χ0n) is 13.3. The third-order valence-corrected chi connectivity index (χ3v) is 5.57. The second kappa shape index (κ2) is 7.36. The van der Waals surface area contributed by atoms with Crippen LogP contribution in [-0.4, -0.2) is 65.5 Å². The lowest BCUT2D eigenvalue weighted by atomic mass is 10.0. The van der Waals surface area contributed by atoms with Crippen LogP contribution in [0, 0.1) is 0 Å². The van der Waals surface area contributed by atoms with Crippen LogP contribution in [0.3, 0.4) is 0 Å². The molecule has 3 rings (SSSR count). The highest BCUT2D eigenvalue weighted by atomic mass is 32.2. The van der Waals surface area contributed by atoms with Gasteiger partial charge in [0.15, 0.2) is 0 Å². The fraction of sp³-hybridized carbons (Fsp3) is 0.529. The predicted octanol–water partition coefficient (Wildman–Crippen LogP) is 1.55. The van der Waals surface area contributed by atoms with Crippen molar-refractivity contribution in [2.75, 3.05) is 38.6 Å². The largest absolute Gasteiger partial charge is 0.370 e. The van der Waals surface area contributed by atoms with Gasteiger partial charge in [0.2, 0.25) is 11.8 Å². The van der Waals surface area contributed by atoms with Crippen molar-refractivity contribution in [3.05, 3.63) is 35.9 Å². The van der Waals surface area contributed by atoms with Crippen LogP contribution in [-0.2, 0) is 14.3 Å². The van der Waals surface area contributed by atoms with Crippen LogP contribution in [0.15, 0.2) is 30.3 Å². The molecule has 6 heteroatoms. The number of amides is 2. The lowest BCUT2D eigenvalue weighted by Crippen LogP contribution is -2.51. The molecular weight excluding hydrogens is 312 g/mol. The summed E-state index contributed by atoms with van der Waals surface area (Å²) in [6, 6.07) is 10.2. The molecule has 0 unspecified atom stereocenters. The predicted molar refractivity (Wildman–Crippen MR) is 90.2 cm³/mol. The number of thioether (sulfide) groups is 1. The first-order valence-corrected chi connectivity index (χ1v) is 9.03.